The molecule has 0 aliphatic carbocycles. The molecule has 0 bridgehead atoms. The van der Waals surface area contributed by atoms with E-state index in [1.165, 1.54) is 0 Å². The first kappa shape index (κ1) is 11.5. The molecule has 4 heteroatoms. The second kappa shape index (κ2) is 6.06. The van der Waals surface area contributed by atoms with E-state index in [2.05, 4.69) is 22.5 Å². The Labute approximate surface area is 81.5 Å². The minimum atomic E-state index is -0.329. The van der Waals surface area contributed by atoms with Crippen molar-refractivity contribution in [1.82, 2.24) is 4.90 Å². The van der Waals surface area contributed by atoms with Crippen LogP contribution in [0.3, 0.4) is 0 Å². The Morgan fingerprint density at radius 3 is 2.33 bits per heavy atom. The molecule has 0 aromatic carbocycles. The molecule has 0 fully saturated rings. The third-order valence-corrected chi connectivity index (χ3v) is 2.03. The summed E-state index contributed by atoms with van der Waals surface area (Å²) in [5.74, 6) is 0.437. The summed E-state index contributed by atoms with van der Waals surface area (Å²) in [7, 11) is 0. The Balaban J connectivity index is 3.92. The molecule has 0 radical (unpaired) electrons. The number of carbonyl (C=O) groups is 1. The van der Waals surface area contributed by atoms with Gasteiger partial charge in [0, 0.05) is 13.1 Å². The van der Waals surface area contributed by atoms with E-state index in [0.717, 1.165) is 0 Å². The van der Waals surface area contributed by atoms with Crippen molar-refractivity contribution in [2.75, 3.05) is 18.4 Å². The molecule has 0 N–H and O–H groups in total. The van der Waals surface area contributed by atoms with Crippen molar-refractivity contribution >= 4 is 22.0 Å². The number of amides is 1. The number of alkyl halides is 1. The van der Waals surface area contributed by atoms with Gasteiger partial charge in [-0.1, -0.05) is 22.5 Å². The smallest absolute Gasteiger partial charge is 0.414 e. The molecule has 0 heterocycles. The second-order valence-electron chi connectivity index (χ2n) is 2.21. The van der Waals surface area contributed by atoms with Crippen LogP contribution in [-0.4, -0.2) is 29.4 Å². The molecule has 0 atom stereocenters. The maximum Gasteiger partial charge on any atom is 0.414 e. The van der Waals surface area contributed by atoms with Gasteiger partial charge in [-0.25, -0.2) is 4.79 Å². The molecule has 70 valence electrons. The number of carbonyl (C=O) groups excluding carboxylic acids is 1. The standard InChI is InChI=1S/C8H14BrNO2/c1-4-10(5-2)8(11)12-7(3)6-9/h3-6H2,1-2H3. The molecular formula is C8H14BrNO2. The van der Waals surface area contributed by atoms with Crippen LogP contribution in [0.1, 0.15) is 13.8 Å². The van der Waals surface area contributed by atoms with Crippen LogP contribution >= 0.6 is 15.9 Å². The Morgan fingerprint density at radius 1 is 1.50 bits per heavy atom. The molecule has 0 saturated carbocycles. The normalized spacial score (nSPS) is 9.25. The molecule has 1 amide bonds. The Kier molecular flexibility index (Phi) is 5.80. The van der Waals surface area contributed by atoms with Crippen molar-refractivity contribution in [2.45, 2.75) is 13.8 Å². The van der Waals surface area contributed by atoms with Crippen molar-refractivity contribution in [3.8, 4) is 0 Å². The van der Waals surface area contributed by atoms with Gasteiger partial charge in [0.05, 0.1) is 5.33 Å². The number of ether oxygens (including phenoxy) is 1. The average molecular weight is 236 g/mol. The maximum absolute atomic E-state index is 11.2. The van der Waals surface area contributed by atoms with Crippen LogP contribution in [-0.2, 0) is 4.74 Å². The zero-order valence-corrected chi connectivity index (χ0v) is 9.06. The summed E-state index contributed by atoms with van der Waals surface area (Å²) in [5, 5.41) is 0.486. The monoisotopic (exact) mass is 235 g/mol. The van der Waals surface area contributed by atoms with Crippen molar-refractivity contribution in [3.05, 3.63) is 12.3 Å². The fraction of sp³-hybridized carbons (Fsp3) is 0.625. The fourth-order valence-electron chi connectivity index (χ4n) is 0.697. The maximum atomic E-state index is 11.2. The van der Waals surface area contributed by atoms with Crippen molar-refractivity contribution in [2.24, 2.45) is 0 Å². The molecule has 0 aliphatic heterocycles. The van der Waals surface area contributed by atoms with Crippen molar-refractivity contribution < 1.29 is 9.53 Å². The lowest BCUT2D eigenvalue weighted by Gasteiger charge is -2.17. The number of nitrogens with zero attached hydrogens (tertiary/aromatic N) is 1. The highest BCUT2D eigenvalue weighted by Gasteiger charge is 2.11. The molecule has 0 aromatic rings. The summed E-state index contributed by atoms with van der Waals surface area (Å²) in [4.78, 5) is 12.8. The van der Waals surface area contributed by atoms with E-state index in [-0.39, 0.29) is 6.09 Å². The van der Waals surface area contributed by atoms with Gasteiger partial charge >= 0.3 is 6.09 Å². The zero-order valence-electron chi connectivity index (χ0n) is 7.47. The summed E-state index contributed by atoms with van der Waals surface area (Å²) < 4.78 is 4.89. The number of allylic oxidation sites excluding steroid dienone is 1. The molecular weight excluding hydrogens is 222 g/mol. The van der Waals surface area contributed by atoms with E-state index in [1.54, 1.807) is 4.90 Å². The van der Waals surface area contributed by atoms with Crippen LogP contribution < -0.4 is 0 Å². The average Bonchev–Trinajstić information content (AvgIpc) is 2.06. The summed E-state index contributed by atoms with van der Waals surface area (Å²) in [6.07, 6.45) is -0.329. The van der Waals surface area contributed by atoms with Gasteiger partial charge in [0.15, 0.2) is 0 Å². The highest BCUT2D eigenvalue weighted by molar-refractivity contribution is 9.09. The lowest BCUT2D eigenvalue weighted by Crippen LogP contribution is -2.30. The second-order valence-corrected chi connectivity index (χ2v) is 2.77. The first-order valence-electron chi connectivity index (χ1n) is 3.86. The first-order valence-corrected chi connectivity index (χ1v) is 4.98. The minimum absolute atomic E-state index is 0.329. The summed E-state index contributed by atoms with van der Waals surface area (Å²) in [6, 6.07) is 0. The van der Waals surface area contributed by atoms with Crippen LogP contribution in [0.4, 0.5) is 4.79 Å². The fourth-order valence-corrected chi connectivity index (χ4v) is 0.812. The van der Waals surface area contributed by atoms with Gasteiger partial charge in [-0.15, -0.1) is 0 Å². The molecule has 0 spiro atoms. The Bertz CT molecular complexity index is 166. The van der Waals surface area contributed by atoms with E-state index in [1.807, 2.05) is 13.8 Å². The summed E-state index contributed by atoms with van der Waals surface area (Å²) in [6.45, 7) is 8.67. The minimum Gasteiger partial charge on any atom is -0.414 e. The summed E-state index contributed by atoms with van der Waals surface area (Å²) in [5.41, 5.74) is 0. The number of rotatable bonds is 4. The summed E-state index contributed by atoms with van der Waals surface area (Å²) >= 11 is 3.14. The van der Waals surface area contributed by atoms with Crippen LogP contribution in [0.2, 0.25) is 0 Å². The molecule has 0 aliphatic rings. The molecule has 12 heavy (non-hydrogen) atoms. The highest BCUT2D eigenvalue weighted by atomic mass is 79.9. The topological polar surface area (TPSA) is 29.5 Å². The van der Waals surface area contributed by atoms with Gasteiger partial charge in [-0.2, -0.15) is 0 Å². The van der Waals surface area contributed by atoms with Crippen molar-refractivity contribution in [3.63, 3.8) is 0 Å². The predicted octanol–water partition coefficient (Wildman–Crippen LogP) is 2.37. The van der Waals surface area contributed by atoms with Crippen LogP contribution in [0.5, 0.6) is 0 Å². The van der Waals surface area contributed by atoms with Crippen LogP contribution in [0.25, 0.3) is 0 Å². The third kappa shape index (κ3) is 3.76. The van der Waals surface area contributed by atoms with Gasteiger partial charge in [-0.05, 0) is 13.8 Å². The highest BCUT2D eigenvalue weighted by Crippen LogP contribution is 2.02. The third-order valence-electron chi connectivity index (χ3n) is 1.40. The van der Waals surface area contributed by atoms with E-state index >= 15 is 0 Å². The molecule has 3 nitrogen and oxygen atoms in total. The lowest BCUT2D eigenvalue weighted by atomic mass is 10.5. The SMILES string of the molecule is C=C(CBr)OC(=O)N(CC)CC. The van der Waals surface area contributed by atoms with Gasteiger partial charge in [0.2, 0.25) is 0 Å². The molecule has 0 unspecified atom stereocenters. The molecule has 0 saturated heterocycles. The zero-order chi connectivity index (χ0) is 9.56. The van der Waals surface area contributed by atoms with Gasteiger partial charge in [0.25, 0.3) is 0 Å². The number of hydrogen-bond donors (Lipinski definition) is 0. The van der Waals surface area contributed by atoms with Crippen LogP contribution in [0.15, 0.2) is 12.3 Å². The first-order chi connectivity index (χ1) is 5.65. The van der Waals surface area contributed by atoms with Crippen molar-refractivity contribution in [1.29, 1.82) is 0 Å². The van der Waals surface area contributed by atoms with Gasteiger partial charge in [0.1, 0.15) is 5.76 Å². The Morgan fingerprint density at radius 2 is 2.00 bits per heavy atom. The van der Waals surface area contributed by atoms with Crippen LogP contribution in [0, 0.1) is 0 Å². The van der Waals surface area contributed by atoms with E-state index in [9.17, 15) is 4.79 Å². The quantitative estimate of drug-likeness (QED) is 0.554. The van der Waals surface area contributed by atoms with E-state index in [0.29, 0.717) is 24.2 Å². The van der Waals surface area contributed by atoms with E-state index in [4.69, 9.17) is 4.74 Å². The number of hydrogen-bond acceptors (Lipinski definition) is 2. The number of halogens is 1. The van der Waals surface area contributed by atoms with E-state index < -0.39 is 0 Å². The molecule has 0 rings (SSSR count). The lowest BCUT2D eigenvalue weighted by molar-refractivity contribution is 0.134. The van der Waals surface area contributed by atoms with Gasteiger partial charge in [-0.3, -0.25) is 0 Å². The van der Waals surface area contributed by atoms with Gasteiger partial charge < -0.3 is 9.64 Å². The molecule has 0 aromatic heterocycles. The largest absolute Gasteiger partial charge is 0.414 e. The Hall–Kier alpha value is -0.510. The predicted molar refractivity (Wildman–Crippen MR) is 52.3 cm³/mol.